The summed E-state index contributed by atoms with van der Waals surface area (Å²) in [5.74, 6) is -0.0152. The van der Waals surface area contributed by atoms with Crippen LogP contribution in [0.2, 0.25) is 0 Å². The van der Waals surface area contributed by atoms with Crippen LogP contribution >= 0.6 is 0 Å². The molecule has 0 radical (unpaired) electrons. The van der Waals surface area contributed by atoms with Gasteiger partial charge in [0.15, 0.2) is 0 Å². The Kier molecular flexibility index (Phi) is 4.14. The third-order valence-electron chi connectivity index (χ3n) is 3.06. The fraction of sp³-hybridized carbons (Fsp3) is 0.214. The number of aromatic nitrogens is 1. The zero-order valence-corrected chi connectivity index (χ0v) is 11.2. The molecule has 0 aliphatic carbocycles. The van der Waals surface area contributed by atoms with Gasteiger partial charge in [0.25, 0.3) is 5.91 Å². The Balaban J connectivity index is 2.23. The smallest absolute Gasteiger partial charge is 0.254 e. The minimum Gasteiger partial charge on any atom is -0.409 e. The molecule has 1 aromatic carbocycles. The molecule has 0 unspecified atom stereocenters. The quantitative estimate of drug-likeness (QED) is 0.381. The highest BCUT2D eigenvalue weighted by Gasteiger charge is 2.15. The lowest BCUT2D eigenvalue weighted by molar-refractivity contribution is 0.0800. The van der Waals surface area contributed by atoms with Gasteiger partial charge in [0.1, 0.15) is 5.84 Å². The van der Waals surface area contributed by atoms with E-state index in [1.807, 2.05) is 24.3 Å². The molecule has 6 nitrogen and oxygen atoms in total. The standard InChI is InChI=1S/C14H16N4O2/c1-18(9-7-13(15)17-20)14(19)11-6-8-16-12-5-3-2-4-10(11)12/h2-6,8,20H,7,9H2,1H3,(H2,15,17). The lowest BCUT2D eigenvalue weighted by Gasteiger charge is -2.17. The predicted octanol–water partition coefficient (Wildman–Crippen LogP) is 1.44. The van der Waals surface area contributed by atoms with E-state index in [0.717, 1.165) is 10.9 Å². The molecule has 20 heavy (non-hydrogen) atoms. The molecule has 0 aliphatic heterocycles. The van der Waals surface area contributed by atoms with Crippen LogP contribution in [0.15, 0.2) is 41.7 Å². The molecule has 0 fully saturated rings. The van der Waals surface area contributed by atoms with Crippen LogP contribution in [0.5, 0.6) is 0 Å². The number of nitrogens with two attached hydrogens (primary N) is 1. The molecule has 1 aromatic heterocycles. The van der Waals surface area contributed by atoms with Crippen LogP contribution in [0.25, 0.3) is 10.9 Å². The van der Waals surface area contributed by atoms with Crippen LogP contribution < -0.4 is 5.73 Å². The monoisotopic (exact) mass is 272 g/mol. The van der Waals surface area contributed by atoms with Crippen molar-refractivity contribution in [2.45, 2.75) is 6.42 Å². The van der Waals surface area contributed by atoms with Crippen molar-refractivity contribution in [2.24, 2.45) is 10.9 Å². The molecule has 0 bridgehead atoms. The van der Waals surface area contributed by atoms with Gasteiger partial charge in [-0.05, 0) is 12.1 Å². The third-order valence-corrected chi connectivity index (χ3v) is 3.06. The van der Waals surface area contributed by atoms with Gasteiger partial charge in [-0.2, -0.15) is 0 Å². The first-order valence-corrected chi connectivity index (χ1v) is 6.19. The fourth-order valence-electron chi connectivity index (χ4n) is 1.92. The topological polar surface area (TPSA) is 91.8 Å². The summed E-state index contributed by atoms with van der Waals surface area (Å²) in [5, 5.41) is 12.2. The van der Waals surface area contributed by atoms with E-state index >= 15 is 0 Å². The van der Waals surface area contributed by atoms with Gasteiger partial charge in [0, 0.05) is 31.6 Å². The molecule has 0 saturated carbocycles. The second kappa shape index (κ2) is 6.01. The zero-order chi connectivity index (χ0) is 14.5. The molecule has 3 N–H and O–H groups in total. The van der Waals surface area contributed by atoms with Gasteiger partial charge in [0.05, 0.1) is 11.1 Å². The predicted molar refractivity (Wildman–Crippen MR) is 76.7 cm³/mol. The SMILES string of the molecule is CN(CC/C(N)=N/O)C(=O)c1ccnc2ccccc12. The number of benzene rings is 1. The van der Waals surface area contributed by atoms with E-state index in [0.29, 0.717) is 18.5 Å². The summed E-state index contributed by atoms with van der Waals surface area (Å²) in [4.78, 5) is 18.2. The average Bonchev–Trinajstić information content (AvgIpc) is 2.50. The zero-order valence-electron chi connectivity index (χ0n) is 11.2. The maximum absolute atomic E-state index is 12.4. The summed E-state index contributed by atoms with van der Waals surface area (Å²) in [6.45, 7) is 0.380. The maximum atomic E-state index is 12.4. The van der Waals surface area contributed by atoms with Crippen LogP contribution in [0.1, 0.15) is 16.8 Å². The first-order chi connectivity index (χ1) is 9.63. The van der Waals surface area contributed by atoms with Crippen molar-refractivity contribution in [1.82, 2.24) is 9.88 Å². The van der Waals surface area contributed by atoms with Gasteiger partial charge >= 0.3 is 0 Å². The molecule has 0 saturated heterocycles. The van der Waals surface area contributed by atoms with Crippen molar-refractivity contribution < 1.29 is 10.0 Å². The first-order valence-electron chi connectivity index (χ1n) is 6.19. The molecule has 6 heteroatoms. The summed E-state index contributed by atoms with van der Waals surface area (Å²) in [6.07, 6.45) is 1.94. The van der Waals surface area contributed by atoms with E-state index in [4.69, 9.17) is 10.9 Å². The second-order valence-corrected chi connectivity index (χ2v) is 4.44. The van der Waals surface area contributed by atoms with Crippen LogP contribution in [0.4, 0.5) is 0 Å². The number of hydrogen-bond acceptors (Lipinski definition) is 4. The van der Waals surface area contributed by atoms with Crippen LogP contribution in [-0.2, 0) is 0 Å². The molecular formula is C14H16N4O2. The summed E-state index contributed by atoms with van der Waals surface area (Å²) in [6, 6.07) is 9.18. The van der Waals surface area contributed by atoms with E-state index in [-0.39, 0.29) is 11.7 Å². The molecule has 104 valence electrons. The van der Waals surface area contributed by atoms with E-state index < -0.39 is 0 Å². The lowest BCUT2D eigenvalue weighted by Crippen LogP contribution is -2.30. The number of nitrogens with zero attached hydrogens (tertiary/aromatic N) is 3. The number of amides is 1. The van der Waals surface area contributed by atoms with E-state index in [1.165, 1.54) is 0 Å². The Labute approximate surface area is 116 Å². The molecule has 0 atom stereocenters. The van der Waals surface area contributed by atoms with E-state index in [2.05, 4.69) is 10.1 Å². The first kappa shape index (κ1) is 13.8. The Bertz CT molecular complexity index is 649. The molecule has 2 aromatic rings. The van der Waals surface area contributed by atoms with Gasteiger partial charge in [-0.15, -0.1) is 0 Å². The van der Waals surface area contributed by atoms with Crippen LogP contribution in [0.3, 0.4) is 0 Å². The van der Waals surface area contributed by atoms with Gasteiger partial charge in [-0.1, -0.05) is 23.4 Å². The van der Waals surface area contributed by atoms with Crippen molar-refractivity contribution in [1.29, 1.82) is 0 Å². The number of oxime groups is 1. The number of para-hydroxylation sites is 1. The molecule has 2 rings (SSSR count). The van der Waals surface area contributed by atoms with Gasteiger partial charge in [-0.25, -0.2) is 0 Å². The average molecular weight is 272 g/mol. The minimum absolute atomic E-state index is 0.101. The minimum atomic E-state index is -0.116. The Morgan fingerprint density at radius 2 is 2.15 bits per heavy atom. The fourth-order valence-corrected chi connectivity index (χ4v) is 1.92. The van der Waals surface area contributed by atoms with Crippen molar-refractivity contribution >= 4 is 22.6 Å². The highest BCUT2D eigenvalue weighted by Crippen LogP contribution is 2.17. The number of hydrogen-bond donors (Lipinski definition) is 2. The Morgan fingerprint density at radius 1 is 1.40 bits per heavy atom. The van der Waals surface area contributed by atoms with Crippen LogP contribution in [0, 0.1) is 0 Å². The highest BCUT2D eigenvalue weighted by molar-refractivity contribution is 6.05. The largest absolute Gasteiger partial charge is 0.409 e. The summed E-state index contributed by atoms with van der Waals surface area (Å²) >= 11 is 0. The van der Waals surface area contributed by atoms with Crippen LogP contribution in [-0.4, -0.2) is 40.4 Å². The van der Waals surface area contributed by atoms with Crippen molar-refractivity contribution in [3.8, 4) is 0 Å². The summed E-state index contributed by atoms with van der Waals surface area (Å²) < 4.78 is 0. The second-order valence-electron chi connectivity index (χ2n) is 4.44. The lowest BCUT2D eigenvalue weighted by atomic mass is 10.1. The highest BCUT2D eigenvalue weighted by atomic mass is 16.4. The maximum Gasteiger partial charge on any atom is 0.254 e. The Hall–Kier alpha value is -2.63. The summed E-state index contributed by atoms with van der Waals surface area (Å²) in [7, 11) is 1.68. The normalized spacial score (nSPS) is 11.6. The van der Waals surface area contributed by atoms with E-state index in [9.17, 15) is 4.79 Å². The van der Waals surface area contributed by atoms with Crippen molar-refractivity contribution in [3.05, 3.63) is 42.1 Å². The molecular weight excluding hydrogens is 256 g/mol. The molecule has 0 aliphatic rings. The number of carbonyl (C=O) groups excluding carboxylic acids is 1. The number of pyridine rings is 1. The molecule has 1 heterocycles. The number of fused-ring (bicyclic) bond motifs is 1. The third kappa shape index (κ3) is 2.85. The number of amidine groups is 1. The Morgan fingerprint density at radius 3 is 2.90 bits per heavy atom. The van der Waals surface area contributed by atoms with Gasteiger partial charge < -0.3 is 15.8 Å². The number of carbonyl (C=O) groups is 1. The van der Waals surface area contributed by atoms with Crippen molar-refractivity contribution in [3.63, 3.8) is 0 Å². The van der Waals surface area contributed by atoms with Crippen molar-refractivity contribution in [2.75, 3.05) is 13.6 Å². The van der Waals surface area contributed by atoms with Gasteiger partial charge in [-0.3, -0.25) is 9.78 Å². The number of rotatable bonds is 4. The van der Waals surface area contributed by atoms with Gasteiger partial charge in [0.2, 0.25) is 0 Å². The van der Waals surface area contributed by atoms with E-state index in [1.54, 1.807) is 24.2 Å². The molecule has 0 spiro atoms. The summed E-state index contributed by atoms with van der Waals surface area (Å²) in [5.41, 5.74) is 6.78. The molecule has 1 amide bonds.